The molecule has 5 heteroatoms. The van der Waals surface area contributed by atoms with E-state index < -0.39 is 0 Å². The van der Waals surface area contributed by atoms with E-state index in [4.69, 9.17) is 5.73 Å². The molecule has 1 aromatic carbocycles. The van der Waals surface area contributed by atoms with Crippen LogP contribution in [0, 0.1) is 0 Å². The Hall–Kier alpha value is -1.88. The molecule has 0 unspecified atom stereocenters. The molecule has 0 bridgehead atoms. The maximum Gasteiger partial charge on any atom is 0.224 e. The zero-order valence-corrected chi connectivity index (χ0v) is 11.9. The van der Waals surface area contributed by atoms with E-state index in [1.165, 1.54) is 6.92 Å². The van der Waals surface area contributed by atoms with Crippen LogP contribution in [0.5, 0.6) is 0 Å². The Morgan fingerprint density at radius 2 is 1.70 bits per heavy atom. The summed E-state index contributed by atoms with van der Waals surface area (Å²) in [6.07, 6.45) is 4.49. The summed E-state index contributed by atoms with van der Waals surface area (Å²) in [6, 6.07) is 7.12. The van der Waals surface area contributed by atoms with Crippen molar-refractivity contribution in [2.75, 3.05) is 17.2 Å². The van der Waals surface area contributed by atoms with Gasteiger partial charge in [-0.1, -0.05) is 18.9 Å². The quantitative estimate of drug-likeness (QED) is 0.638. The van der Waals surface area contributed by atoms with Gasteiger partial charge in [0.2, 0.25) is 11.8 Å². The highest BCUT2D eigenvalue weighted by Gasteiger charge is 2.03. The maximum atomic E-state index is 11.8. The van der Waals surface area contributed by atoms with E-state index in [2.05, 4.69) is 10.6 Å². The van der Waals surface area contributed by atoms with Gasteiger partial charge in [0, 0.05) is 24.7 Å². The molecule has 20 heavy (non-hydrogen) atoms. The molecule has 0 radical (unpaired) electrons. The van der Waals surface area contributed by atoms with Gasteiger partial charge in [-0.05, 0) is 37.6 Å². The van der Waals surface area contributed by atoms with E-state index in [0.29, 0.717) is 24.3 Å². The fourth-order valence-electron chi connectivity index (χ4n) is 1.88. The van der Waals surface area contributed by atoms with Crippen molar-refractivity contribution in [3.8, 4) is 0 Å². The molecule has 110 valence electrons. The van der Waals surface area contributed by atoms with Crippen LogP contribution in [-0.2, 0) is 9.59 Å². The van der Waals surface area contributed by atoms with Gasteiger partial charge >= 0.3 is 0 Å². The van der Waals surface area contributed by atoms with Crippen LogP contribution in [-0.4, -0.2) is 18.4 Å². The highest BCUT2D eigenvalue weighted by molar-refractivity contribution is 5.93. The van der Waals surface area contributed by atoms with Gasteiger partial charge in [0.15, 0.2) is 0 Å². The average Bonchev–Trinajstić information content (AvgIpc) is 2.38. The van der Waals surface area contributed by atoms with Crippen LogP contribution in [0.1, 0.15) is 39.0 Å². The summed E-state index contributed by atoms with van der Waals surface area (Å²) in [5.74, 6) is -0.133. The van der Waals surface area contributed by atoms with Crippen molar-refractivity contribution in [2.24, 2.45) is 5.73 Å². The lowest BCUT2D eigenvalue weighted by molar-refractivity contribution is -0.116. The first kappa shape index (κ1) is 16.2. The summed E-state index contributed by atoms with van der Waals surface area (Å²) in [4.78, 5) is 22.7. The molecule has 0 fully saturated rings. The molecule has 0 aliphatic carbocycles. The minimum absolute atomic E-state index is 0.00211. The van der Waals surface area contributed by atoms with Gasteiger partial charge in [-0.25, -0.2) is 0 Å². The number of benzene rings is 1. The van der Waals surface area contributed by atoms with Gasteiger partial charge < -0.3 is 16.4 Å². The van der Waals surface area contributed by atoms with E-state index in [0.717, 1.165) is 25.7 Å². The van der Waals surface area contributed by atoms with Crippen molar-refractivity contribution >= 4 is 23.2 Å². The normalized spacial score (nSPS) is 10.1. The molecule has 4 N–H and O–H groups in total. The predicted molar refractivity (Wildman–Crippen MR) is 81.5 cm³/mol. The lowest BCUT2D eigenvalue weighted by Crippen LogP contribution is -2.12. The Morgan fingerprint density at radius 3 is 2.35 bits per heavy atom. The smallest absolute Gasteiger partial charge is 0.224 e. The first-order valence-electron chi connectivity index (χ1n) is 6.99. The van der Waals surface area contributed by atoms with E-state index in [1.54, 1.807) is 24.3 Å². The Labute approximate surface area is 119 Å². The van der Waals surface area contributed by atoms with Crippen LogP contribution in [0.2, 0.25) is 0 Å². The van der Waals surface area contributed by atoms with Gasteiger partial charge in [0.1, 0.15) is 0 Å². The fourth-order valence-corrected chi connectivity index (χ4v) is 1.88. The molecule has 1 aromatic rings. The largest absolute Gasteiger partial charge is 0.330 e. The first-order valence-corrected chi connectivity index (χ1v) is 6.99. The molecule has 5 nitrogen and oxygen atoms in total. The van der Waals surface area contributed by atoms with Crippen molar-refractivity contribution in [2.45, 2.75) is 39.0 Å². The number of hydrogen-bond donors (Lipinski definition) is 3. The molecule has 0 saturated heterocycles. The Bertz CT molecular complexity index is 446. The summed E-state index contributed by atoms with van der Waals surface area (Å²) in [5, 5.41) is 5.51. The van der Waals surface area contributed by atoms with Gasteiger partial charge in [-0.3, -0.25) is 9.59 Å². The zero-order chi connectivity index (χ0) is 14.8. The molecule has 0 spiro atoms. The van der Waals surface area contributed by atoms with Crippen LogP contribution < -0.4 is 16.4 Å². The molecule has 0 heterocycles. The third-order valence-electron chi connectivity index (χ3n) is 2.82. The fraction of sp³-hybridized carbons (Fsp3) is 0.467. The second-order valence-corrected chi connectivity index (χ2v) is 4.76. The summed E-state index contributed by atoms with van der Waals surface area (Å²) in [7, 11) is 0. The van der Waals surface area contributed by atoms with E-state index in [-0.39, 0.29) is 11.8 Å². The standard InChI is InChI=1S/C15H23N3O2/c1-12(19)17-13-7-6-8-14(11-13)18-15(20)9-4-2-3-5-10-16/h6-8,11H,2-5,9-10,16H2,1H3,(H,17,19)(H,18,20). The maximum absolute atomic E-state index is 11.8. The number of nitrogens with one attached hydrogen (secondary N) is 2. The minimum Gasteiger partial charge on any atom is -0.330 e. The zero-order valence-electron chi connectivity index (χ0n) is 11.9. The van der Waals surface area contributed by atoms with Crippen molar-refractivity contribution in [1.29, 1.82) is 0 Å². The SMILES string of the molecule is CC(=O)Nc1cccc(NC(=O)CCCCCCN)c1. The van der Waals surface area contributed by atoms with Gasteiger partial charge in [-0.15, -0.1) is 0 Å². The van der Waals surface area contributed by atoms with E-state index >= 15 is 0 Å². The molecule has 0 aliphatic heterocycles. The predicted octanol–water partition coefficient (Wildman–Crippen LogP) is 2.49. The van der Waals surface area contributed by atoms with Crippen LogP contribution in [0.3, 0.4) is 0 Å². The Morgan fingerprint density at radius 1 is 1.05 bits per heavy atom. The number of carbonyl (C=O) groups excluding carboxylic acids is 2. The highest BCUT2D eigenvalue weighted by atomic mass is 16.2. The third kappa shape index (κ3) is 6.89. The lowest BCUT2D eigenvalue weighted by atomic mass is 10.1. The van der Waals surface area contributed by atoms with Crippen molar-refractivity contribution in [3.05, 3.63) is 24.3 Å². The van der Waals surface area contributed by atoms with Crippen LogP contribution in [0.15, 0.2) is 24.3 Å². The van der Waals surface area contributed by atoms with Gasteiger partial charge in [0.25, 0.3) is 0 Å². The Kier molecular flexibility index (Phi) is 7.35. The molecule has 0 saturated carbocycles. The third-order valence-corrected chi connectivity index (χ3v) is 2.82. The summed E-state index contributed by atoms with van der Waals surface area (Å²) in [6.45, 7) is 2.16. The van der Waals surface area contributed by atoms with Crippen LogP contribution in [0.25, 0.3) is 0 Å². The molecule has 2 amide bonds. The van der Waals surface area contributed by atoms with Crippen molar-refractivity contribution in [1.82, 2.24) is 0 Å². The molecule has 0 aromatic heterocycles. The Balaban J connectivity index is 2.36. The van der Waals surface area contributed by atoms with Crippen molar-refractivity contribution < 1.29 is 9.59 Å². The van der Waals surface area contributed by atoms with Gasteiger partial charge in [0.05, 0.1) is 0 Å². The minimum atomic E-state index is -0.131. The molecule has 0 aliphatic rings. The lowest BCUT2D eigenvalue weighted by Gasteiger charge is -2.07. The summed E-state index contributed by atoms with van der Waals surface area (Å²) in [5.41, 5.74) is 6.79. The number of anilines is 2. The molecule has 0 atom stereocenters. The molecular weight excluding hydrogens is 254 g/mol. The summed E-state index contributed by atoms with van der Waals surface area (Å²) >= 11 is 0. The number of carbonyl (C=O) groups is 2. The second kappa shape index (κ2) is 9.09. The number of nitrogens with two attached hydrogens (primary N) is 1. The number of rotatable bonds is 8. The van der Waals surface area contributed by atoms with Crippen LogP contribution >= 0.6 is 0 Å². The monoisotopic (exact) mass is 277 g/mol. The second-order valence-electron chi connectivity index (χ2n) is 4.76. The summed E-state index contributed by atoms with van der Waals surface area (Å²) < 4.78 is 0. The molecule has 1 rings (SSSR count). The van der Waals surface area contributed by atoms with E-state index in [1.807, 2.05) is 0 Å². The van der Waals surface area contributed by atoms with Crippen molar-refractivity contribution in [3.63, 3.8) is 0 Å². The number of unbranched alkanes of at least 4 members (excludes halogenated alkanes) is 3. The number of hydrogen-bond acceptors (Lipinski definition) is 3. The molecular formula is C15H23N3O2. The number of amides is 2. The first-order chi connectivity index (χ1) is 9.61. The topological polar surface area (TPSA) is 84.2 Å². The highest BCUT2D eigenvalue weighted by Crippen LogP contribution is 2.15. The van der Waals surface area contributed by atoms with E-state index in [9.17, 15) is 9.59 Å². The van der Waals surface area contributed by atoms with Crippen LogP contribution in [0.4, 0.5) is 11.4 Å². The van der Waals surface area contributed by atoms with Gasteiger partial charge in [-0.2, -0.15) is 0 Å². The average molecular weight is 277 g/mol.